The number of nitrogens with zero attached hydrogens (tertiary/aromatic N) is 2. The molecule has 0 radical (unpaired) electrons. The maximum absolute atomic E-state index is 9.94. The van der Waals surface area contributed by atoms with Crippen molar-refractivity contribution in [3.8, 4) is 27.9 Å². The highest BCUT2D eigenvalue weighted by molar-refractivity contribution is 6.19. The molecular weight excluding hydrogens is 717 g/mol. The Morgan fingerprint density at radius 3 is 1.64 bits per heavy atom. The number of aromatic nitrogens is 1. The van der Waals surface area contributed by atoms with Crippen LogP contribution >= 0.6 is 0 Å². The van der Waals surface area contributed by atoms with Gasteiger partial charge in [-0.3, -0.25) is 0 Å². The molecule has 0 aliphatic heterocycles. The summed E-state index contributed by atoms with van der Waals surface area (Å²) in [7, 11) is 0. The molecular formula is C56H36N2O. The summed E-state index contributed by atoms with van der Waals surface area (Å²) in [6.07, 6.45) is 0. The molecule has 3 nitrogen and oxygen atoms in total. The average molecular weight is 761 g/mol. The number of benzene rings is 10. The first-order valence-electron chi connectivity index (χ1n) is 23.5. The van der Waals surface area contributed by atoms with Gasteiger partial charge in [0, 0.05) is 38.5 Å². The van der Waals surface area contributed by atoms with Gasteiger partial charge in [-0.2, -0.15) is 0 Å². The second kappa shape index (κ2) is 13.4. The number of para-hydroxylation sites is 3. The zero-order chi connectivity index (χ0) is 45.8. The molecule has 12 aromatic rings. The van der Waals surface area contributed by atoms with Crippen molar-refractivity contribution >= 4 is 82.4 Å². The van der Waals surface area contributed by atoms with Crippen molar-refractivity contribution in [2.45, 2.75) is 0 Å². The molecule has 12 rings (SSSR count). The van der Waals surface area contributed by atoms with Crippen molar-refractivity contribution in [3.05, 3.63) is 218 Å². The minimum atomic E-state index is -0.432. The topological polar surface area (TPSA) is 21.3 Å². The van der Waals surface area contributed by atoms with Crippen molar-refractivity contribution < 1.29 is 15.4 Å². The number of hydrogen-bond donors (Lipinski definition) is 0. The molecule has 2 heterocycles. The van der Waals surface area contributed by atoms with Crippen molar-refractivity contribution in [1.82, 2.24) is 4.57 Å². The van der Waals surface area contributed by atoms with E-state index in [1.54, 1.807) is 30.3 Å². The summed E-state index contributed by atoms with van der Waals surface area (Å²) in [6, 6.07) is 50.6. The van der Waals surface area contributed by atoms with Gasteiger partial charge >= 0.3 is 0 Å². The number of furan rings is 1. The van der Waals surface area contributed by atoms with Gasteiger partial charge < -0.3 is 13.9 Å². The Morgan fingerprint density at radius 1 is 0.407 bits per heavy atom. The number of rotatable bonds is 6. The molecule has 0 bridgehead atoms. The van der Waals surface area contributed by atoms with E-state index >= 15 is 0 Å². The Morgan fingerprint density at radius 2 is 0.932 bits per heavy atom. The summed E-state index contributed by atoms with van der Waals surface area (Å²) in [5.74, 6) is 0. The van der Waals surface area contributed by atoms with Gasteiger partial charge in [-0.15, -0.1) is 0 Å². The molecule has 0 unspecified atom stereocenters. The molecule has 10 aromatic carbocycles. The number of fused-ring (bicyclic) bond motifs is 9. The lowest BCUT2D eigenvalue weighted by Crippen LogP contribution is -2.10. The van der Waals surface area contributed by atoms with Crippen LogP contribution < -0.4 is 4.90 Å². The van der Waals surface area contributed by atoms with Crippen LogP contribution in [0.4, 0.5) is 17.1 Å². The smallest absolute Gasteiger partial charge is 0.143 e. The largest absolute Gasteiger partial charge is 0.455 e. The minimum absolute atomic E-state index is 0.0699. The van der Waals surface area contributed by atoms with Gasteiger partial charge in [0.1, 0.15) is 11.2 Å². The van der Waals surface area contributed by atoms with Gasteiger partial charge in [-0.05, 0) is 93.4 Å². The highest BCUT2D eigenvalue weighted by Crippen LogP contribution is 2.45. The lowest BCUT2D eigenvalue weighted by molar-refractivity contribution is 0.672. The van der Waals surface area contributed by atoms with Crippen LogP contribution in [-0.2, 0) is 0 Å². The summed E-state index contributed by atoms with van der Waals surface area (Å²) in [5.41, 5.74) is 4.52. The summed E-state index contributed by atoms with van der Waals surface area (Å²) in [5, 5.41) is 6.71. The third-order valence-corrected chi connectivity index (χ3v) is 11.3. The fourth-order valence-corrected chi connectivity index (χ4v) is 8.68. The minimum Gasteiger partial charge on any atom is -0.455 e. The zero-order valence-corrected chi connectivity index (χ0v) is 31.5. The van der Waals surface area contributed by atoms with Crippen LogP contribution in [0.25, 0.3) is 93.2 Å². The molecule has 0 N–H and O–H groups in total. The average Bonchev–Trinajstić information content (AvgIpc) is 3.92. The second-order valence-electron chi connectivity index (χ2n) is 14.6. The van der Waals surface area contributed by atoms with Crippen LogP contribution in [0.3, 0.4) is 0 Å². The van der Waals surface area contributed by atoms with Gasteiger partial charge in [0.2, 0.25) is 0 Å². The predicted octanol–water partition coefficient (Wildman–Crippen LogP) is 15.8. The molecule has 0 aliphatic rings. The number of anilines is 3. The van der Waals surface area contributed by atoms with Crippen molar-refractivity contribution in [2.24, 2.45) is 0 Å². The Labute approximate surface area is 352 Å². The first-order chi connectivity index (χ1) is 32.6. The van der Waals surface area contributed by atoms with Crippen molar-refractivity contribution in [2.75, 3.05) is 4.90 Å². The number of hydrogen-bond acceptors (Lipinski definition) is 2. The van der Waals surface area contributed by atoms with Crippen LogP contribution in [-0.4, -0.2) is 4.57 Å². The fraction of sp³-hybridized carbons (Fsp3) is 0. The molecule has 59 heavy (non-hydrogen) atoms. The van der Waals surface area contributed by atoms with Gasteiger partial charge in [0.15, 0.2) is 0 Å². The van der Waals surface area contributed by atoms with E-state index in [4.69, 9.17) is 4.42 Å². The quantitative estimate of drug-likeness (QED) is 0.168. The molecule has 2 aromatic heterocycles. The van der Waals surface area contributed by atoms with E-state index in [0.29, 0.717) is 44.4 Å². The van der Waals surface area contributed by atoms with Crippen LogP contribution in [0.1, 0.15) is 11.0 Å². The third kappa shape index (κ3) is 5.29. The van der Waals surface area contributed by atoms with Crippen molar-refractivity contribution in [3.63, 3.8) is 0 Å². The molecule has 0 aliphatic carbocycles. The predicted molar refractivity (Wildman–Crippen MR) is 249 cm³/mol. The van der Waals surface area contributed by atoms with E-state index < -0.39 is 24.2 Å². The van der Waals surface area contributed by atoms with Crippen molar-refractivity contribution in [1.29, 1.82) is 0 Å². The Hall–Kier alpha value is -7.88. The Bertz CT molecular complexity index is 3950. The lowest BCUT2D eigenvalue weighted by Gasteiger charge is -2.27. The summed E-state index contributed by atoms with van der Waals surface area (Å²) < 4.78 is 87.0. The van der Waals surface area contributed by atoms with Crippen LogP contribution in [0.5, 0.6) is 0 Å². The summed E-state index contributed by atoms with van der Waals surface area (Å²) in [4.78, 5) is 1.38. The van der Waals surface area contributed by atoms with E-state index in [1.165, 1.54) is 4.90 Å². The fourth-order valence-electron chi connectivity index (χ4n) is 8.68. The molecule has 0 amide bonds. The summed E-state index contributed by atoms with van der Waals surface area (Å²) in [6.45, 7) is 0. The van der Waals surface area contributed by atoms with Crippen LogP contribution in [0.15, 0.2) is 223 Å². The normalized spacial score (nSPS) is 13.6. The highest BCUT2D eigenvalue weighted by Gasteiger charge is 2.21. The first-order valence-corrected chi connectivity index (χ1v) is 19.5. The standard InChI is InChI=1S/C56H36N2O/c1-3-16-43-37(13-1)15-11-21-44(43)39-27-32-41(33-28-39)57(53-25-12-26-54-55(53)49-36-31-38-14-2-4-18-46(38)56(49)59-54)42-34-29-40(30-35-42)45-17-5-8-22-50(45)58-51-23-9-6-19-47(51)48-20-7-10-24-52(48)58/h1-36H/i27D,28D,29D,30D,32D,33D,34D,35D. The van der Waals surface area contributed by atoms with E-state index in [0.717, 1.165) is 43.4 Å². The van der Waals surface area contributed by atoms with E-state index in [9.17, 15) is 11.0 Å². The molecule has 0 fully saturated rings. The monoisotopic (exact) mass is 760 g/mol. The molecule has 276 valence electrons. The maximum Gasteiger partial charge on any atom is 0.143 e. The lowest BCUT2D eigenvalue weighted by atomic mass is 9.98. The van der Waals surface area contributed by atoms with Gasteiger partial charge in [-0.1, -0.05) is 158 Å². The molecule has 3 heteroatoms. The Balaban J connectivity index is 1.16. The van der Waals surface area contributed by atoms with E-state index in [2.05, 4.69) is 16.7 Å². The van der Waals surface area contributed by atoms with Crippen LogP contribution in [0.2, 0.25) is 0 Å². The van der Waals surface area contributed by atoms with Crippen LogP contribution in [0, 0.1) is 0 Å². The van der Waals surface area contributed by atoms with Gasteiger partial charge in [-0.25, -0.2) is 0 Å². The first kappa shape index (κ1) is 26.1. The third-order valence-electron chi connectivity index (χ3n) is 11.3. The zero-order valence-electron chi connectivity index (χ0n) is 39.5. The molecule has 0 spiro atoms. The van der Waals surface area contributed by atoms with E-state index in [-0.39, 0.29) is 46.7 Å². The molecule has 0 atom stereocenters. The second-order valence-corrected chi connectivity index (χ2v) is 14.6. The van der Waals surface area contributed by atoms with Gasteiger partial charge in [0.25, 0.3) is 0 Å². The maximum atomic E-state index is 9.94. The summed E-state index contributed by atoms with van der Waals surface area (Å²) >= 11 is 0. The molecule has 0 saturated carbocycles. The Kier molecular flexibility index (Phi) is 5.92. The van der Waals surface area contributed by atoms with Gasteiger partial charge in [0.05, 0.1) is 38.8 Å². The SMILES string of the molecule is [2H]c1c([2H])c(N(c2c([2H])c([2H])c(-c3cccc4ccccc34)c([2H])c2[2H])c2cccc3oc4c5ccccc5ccc4c23)c([2H])c([2H])c1-c1ccccc1-n1c2ccccc2c2ccccc21. The highest BCUT2D eigenvalue weighted by atomic mass is 16.3. The van der Waals surface area contributed by atoms with E-state index in [1.807, 2.05) is 127 Å². The molecule has 0 saturated heterocycles.